The monoisotopic (exact) mass is 262 g/mol. The summed E-state index contributed by atoms with van der Waals surface area (Å²) in [5, 5.41) is 0. The lowest BCUT2D eigenvalue weighted by Crippen LogP contribution is -2.15. The number of nitrogens with zero attached hydrogens (tertiary/aromatic N) is 1. The van der Waals surface area contributed by atoms with Crippen molar-refractivity contribution in [3.63, 3.8) is 0 Å². The minimum Gasteiger partial charge on any atom is -0.263 e. The maximum atomic E-state index is 12.2. The number of hydrogen-bond donors (Lipinski definition) is 1. The predicted octanol–water partition coefficient (Wildman–Crippen LogP) is 2.50. The molecule has 0 spiro atoms. The predicted molar refractivity (Wildman–Crippen MR) is 71.0 cm³/mol. The Labute approximate surface area is 107 Å². The molecule has 94 valence electrons. The summed E-state index contributed by atoms with van der Waals surface area (Å²) in [6.07, 6.45) is 1.54. The number of aryl methyl sites for hydroxylation is 2. The number of anilines is 1. The van der Waals surface area contributed by atoms with E-state index in [1.165, 1.54) is 0 Å². The summed E-state index contributed by atoms with van der Waals surface area (Å²) in [6.45, 7) is 3.63. The zero-order valence-electron chi connectivity index (χ0n) is 10.2. The van der Waals surface area contributed by atoms with E-state index in [9.17, 15) is 8.42 Å². The highest BCUT2D eigenvalue weighted by molar-refractivity contribution is 7.92. The molecule has 0 aliphatic heterocycles. The summed E-state index contributed by atoms with van der Waals surface area (Å²) in [7, 11) is -3.58. The highest BCUT2D eigenvalue weighted by atomic mass is 32.2. The van der Waals surface area contributed by atoms with Crippen LogP contribution in [-0.4, -0.2) is 13.4 Å². The van der Waals surface area contributed by atoms with Crippen LogP contribution < -0.4 is 4.72 Å². The first-order chi connectivity index (χ1) is 8.49. The van der Waals surface area contributed by atoms with E-state index in [0.29, 0.717) is 11.4 Å². The molecule has 1 N–H and O–H groups in total. The van der Waals surface area contributed by atoms with E-state index in [2.05, 4.69) is 9.71 Å². The third-order valence-corrected chi connectivity index (χ3v) is 4.03. The Morgan fingerprint density at radius 1 is 1.11 bits per heavy atom. The minimum absolute atomic E-state index is 0.285. The van der Waals surface area contributed by atoms with E-state index < -0.39 is 10.0 Å². The fourth-order valence-corrected chi connectivity index (χ4v) is 2.95. The highest BCUT2D eigenvalue weighted by Gasteiger charge is 2.17. The van der Waals surface area contributed by atoms with Crippen LogP contribution in [0.3, 0.4) is 0 Å². The van der Waals surface area contributed by atoms with Gasteiger partial charge >= 0.3 is 0 Å². The third-order valence-electron chi connectivity index (χ3n) is 2.54. The molecule has 0 aliphatic rings. The van der Waals surface area contributed by atoms with Gasteiger partial charge in [-0.1, -0.05) is 18.2 Å². The van der Waals surface area contributed by atoms with Gasteiger partial charge in [-0.2, -0.15) is 0 Å². The Morgan fingerprint density at radius 3 is 2.56 bits per heavy atom. The number of rotatable bonds is 3. The van der Waals surface area contributed by atoms with Crippen molar-refractivity contribution in [1.29, 1.82) is 0 Å². The van der Waals surface area contributed by atoms with Gasteiger partial charge in [-0.05, 0) is 43.2 Å². The van der Waals surface area contributed by atoms with Crippen molar-refractivity contribution >= 4 is 15.8 Å². The van der Waals surface area contributed by atoms with E-state index in [1.54, 1.807) is 43.5 Å². The van der Waals surface area contributed by atoms with Gasteiger partial charge in [-0.25, -0.2) is 13.4 Å². The molecule has 1 aromatic carbocycles. The Morgan fingerprint density at radius 2 is 1.89 bits per heavy atom. The van der Waals surface area contributed by atoms with Gasteiger partial charge in [-0.15, -0.1) is 0 Å². The van der Waals surface area contributed by atoms with E-state index in [4.69, 9.17) is 0 Å². The molecule has 2 aromatic rings. The first kappa shape index (κ1) is 12.6. The average molecular weight is 262 g/mol. The highest BCUT2D eigenvalue weighted by Crippen LogP contribution is 2.19. The molecule has 0 saturated carbocycles. The first-order valence-electron chi connectivity index (χ1n) is 5.50. The number of pyridine rings is 1. The standard InChI is InChI=1S/C13H14N2O2S/c1-10-6-7-11(2)12(9-10)18(16,17)15-13-5-3-4-8-14-13/h3-9H,1-2H3,(H,14,15). The lowest BCUT2D eigenvalue weighted by molar-refractivity contribution is 0.600. The number of nitrogens with one attached hydrogen (secondary N) is 1. The van der Waals surface area contributed by atoms with Crippen LogP contribution in [0.1, 0.15) is 11.1 Å². The molecule has 2 rings (SSSR count). The lowest BCUT2D eigenvalue weighted by Gasteiger charge is -2.10. The normalized spacial score (nSPS) is 11.2. The first-order valence-corrected chi connectivity index (χ1v) is 6.98. The van der Waals surface area contributed by atoms with Gasteiger partial charge in [0.25, 0.3) is 10.0 Å². The van der Waals surface area contributed by atoms with Gasteiger partial charge in [-0.3, -0.25) is 4.72 Å². The molecule has 18 heavy (non-hydrogen) atoms. The van der Waals surface area contributed by atoms with Crippen molar-refractivity contribution in [3.8, 4) is 0 Å². The fraction of sp³-hybridized carbons (Fsp3) is 0.154. The molecule has 0 bridgehead atoms. The van der Waals surface area contributed by atoms with Crippen LogP contribution in [0.4, 0.5) is 5.82 Å². The summed E-state index contributed by atoms with van der Waals surface area (Å²) in [5.41, 5.74) is 1.62. The van der Waals surface area contributed by atoms with Gasteiger partial charge in [0.2, 0.25) is 0 Å². The zero-order valence-corrected chi connectivity index (χ0v) is 11.0. The molecule has 1 aromatic heterocycles. The van der Waals surface area contributed by atoms with Crippen LogP contribution in [0.5, 0.6) is 0 Å². The van der Waals surface area contributed by atoms with Gasteiger partial charge in [0, 0.05) is 6.20 Å². The molecule has 0 unspecified atom stereocenters. The molecule has 5 heteroatoms. The largest absolute Gasteiger partial charge is 0.263 e. The second kappa shape index (κ2) is 4.78. The average Bonchev–Trinajstić information content (AvgIpc) is 2.33. The third kappa shape index (κ3) is 2.68. The van der Waals surface area contributed by atoms with Crippen molar-refractivity contribution in [2.45, 2.75) is 18.7 Å². The van der Waals surface area contributed by atoms with E-state index in [0.717, 1.165) is 5.56 Å². The summed E-state index contributed by atoms with van der Waals surface area (Å²) in [6, 6.07) is 10.4. The number of sulfonamides is 1. The summed E-state index contributed by atoms with van der Waals surface area (Å²) >= 11 is 0. The Bertz CT molecular complexity index is 652. The number of hydrogen-bond acceptors (Lipinski definition) is 3. The fourth-order valence-electron chi connectivity index (χ4n) is 1.61. The summed E-state index contributed by atoms with van der Waals surface area (Å²) in [4.78, 5) is 4.24. The van der Waals surface area contributed by atoms with Crippen LogP contribution in [0.25, 0.3) is 0 Å². The molecule has 0 amide bonds. The summed E-state index contributed by atoms with van der Waals surface area (Å²) in [5.74, 6) is 0.318. The van der Waals surface area contributed by atoms with Crippen molar-refractivity contribution in [1.82, 2.24) is 4.98 Å². The minimum atomic E-state index is -3.58. The van der Waals surface area contributed by atoms with Crippen molar-refractivity contribution in [2.75, 3.05) is 4.72 Å². The maximum absolute atomic E-state index is 12.2. The SMILES string of the molecule is Cc1ccc(C)c(S(=O)(=O)Nc2ccccn2)c1. The van der Waals surface area contributed by atoms with E-state index in [1.807, 2.05) is 13.0 Å². The molecule has 4 nitrogen and oxygen atoms in total. The van der Waals surface area contributed by atoms with Crippen LogP contribution in [0.15, 0.2) is 47.5 Å². The zero-order chi connectivity index (χ0) is 13.2. The molecule has 0 saturated heterocycles. The topological polar surface area (TPSA) is 59.1 Å². The molecular weight excluding hydrogens is 248 g/mol. The molecule has 1 heterocycles. The smallest absolute Gasteiger partial charge is 0.263 e. The molecular formula is C13H14N2O2S. The second-order valence-electron chi connectivity index (χ2n) is 4.09. The van der Waals surface area contributed by atoms with Gasteiger partial charge in [0.15, 0.2) is 0 Å². The molecule has 0 atom stereocenters. The second-order valence-corrected chi connectivity index (χ2v) is 5.74. The van der Waals surface area contributed by atoms with E-state index >= 15 is 0 Å². The van der Waals surface area contributed by atoms with Crippen LogP contribution in [-0.2, 0) is 10.0 Å². The van der Waals surface area contributed by atoms with Crippen LogP contribution >= 0.6 is 0 Å². The Kier molecular flexibility index (Phi) is 3.34. The van der Waals surface area contributed by atoms with Crippen LogP contribution in [0.2, 0.25) is 0 Å². The van der Waals surface area contributed by atoms with Crippen LogP contribution in [0, 0.1) is 13.8 Å². The number of aromatic nitrogens is 1. The Balaban J connectivity index is 2.40. The molecule has 0 fully saturated rings. The maximum Gasteiger partial charge on any atom is 0.263 e. The van der Waals surface area contributed by atoms with Gasteiger partial charge in [0.05, 0.1) is 4.90 Å². The van der Waals surface area contributed by atoms with Gasteiger partial charge in [0.1, 0.15) is 5.82 Å². The van der Waals surface area contributed by atoms with Crippen molar-refractivity contribution in [2.24, 2.45) is 0 Å². The summed E-state index contributed by atoms with van der Waals surface area (Å²) < 4.78 is 26.9. The van der Waals surface area contributed by atoms with E-state index in [-0.39, 0.29) is 4.90 Å². The van der Waals surface area contributed by atoms with Crippen molar-refractivity contribution < 1.29 is 8.42 Å². The van der Waals surface area contributed by atoms with Gasteiger partial charge < -0.3 is 0 Å². The Hall–Kier alpha value is -1.88. The quantitative estimate of drug-likeness (QED) is 0.924. The molecule has 0 aliphatic carbocycles. The number of benzene rings is 1. The molecule has 0 radical (unpaired) electrons. The van der Waals surface area contributed by atoms with Crippen molar-refractivity contribution in [3.05, 3.63) is 53.7 Å². The lowest BCUT2D eigenvalue weighted by atomic mass is 10.2.